The maximum atomic E-state index is 11.0. The number of allylic oxidation sites excluding steroid dienone is 2. The third-order valence-corrected chi connectivity index (χ3v) is 2.02. The zero-order chi connectivity index (χ0) is 10.1. The molecule has 0 bridgehead atoms. The predicted molar refractivity (Wildman–Crippen MR) is 45.1 cm³/mol. The molecule has 0 aromatic rings. The molecule has 1 heterocycles. The lowest BCUT2D eigenvalue weighted by molar-refractivity contribution is -0.132. The van der Waals surface area contributed by atoms with Crippen LogP contribution >= 0.6 is 0 Å². The summed E-state index contributed by atoms with van der Waals surface area (Å²) in [5, 5.41) is 3.01. The summed E-state index contributed by atoms with van der Waals surface area (Å²) in [7, 11) is 0. The Hall–Kier alpha value is -1.65. The Labute approximate surface area is 75.8 Å². The SMILES string of the molecule is CC1=C(N=[N])[C@](C)(C(N)=O)OC=C1. The van der Waals surface area contributed by atoms with Crippen molar-refractivity contribution in [1.29, 1.82) is 0 Å². The zero-order valence-corrected chi connectivity index (χ0v) is 7.44. The number of nitrogens with zero attached hydrogens (tertiary/aromatic N) is 2. The van der Waals surface area contributed by atoms with Gasteiger partial charge in [0.2, 0.25) is 5.60 Å². The molecule has 69 valence electrons. The number of amides is 1. The highest BCUT2D eigenvalue weighted by Gasteiger charge is 2.40. The first-order valence-corrected chi connectivity index (χ1v) is 3.73. The maximum Gasteiger partial charge on any atom is 0.267 e. The van der Waals surface area contributed by atoms with Gasteiger partial charge in [-0.25, -0.2) is 0 Å². The summed E-state index contributed by atoms with van der Waals surface area (Å²) >= 11 is 0. The van der Waals surface area contributed by atoms with E-state index in [4.69, 9.17) is 16.0 Å². The Morgan fingerprint density at radius 1 is 1.77 bits per heavy atom. The summed E-state index contributed by atoms with van der Waals surface area (Å²) in [4.78, 5) is 11.0. The minimum Gasteiger partial charge on any atom is -0.479 e. The summed E-state index contributed by atoms with van der Waals surface area (Å²) in [6.07, 6.45) is 2.95. The fourth-order valence-electron chi connectivity index (χ4n) is 1.13. The molecule has 0 saturated carbocycles. The molecule has 1 atom stereocenters. The highest BCUT2D eigenvalue weighted by Crippen LogP contribution is 2.29. The van der Waals surface area contributed by atoms with E-state index in [2.05, 4.69) is 5.11 Å². The molecular weight excluding hydrogens is 170 g/mol. The van der Waals surface area contributed by atoms with E-state index in [1.165, 1.54) is 13.2 Å². The van der Waals surface area contributed by atoms with Crippen molar-refractivity contribution in [2.45, 2.75) is 19.4 Å². The first kappa shape index (κ1) is 9.44. The molecule has 0 saturated heterocycles. The van der Waals surface area contributed by atoms with Crippen LogP contribution in [-0.2, 0) is 9.53 Å². The number of primary amides is 1. The van der Waals surface area contributed by atoms with Crippen molar-refractivity contribution >= 4 is 5.91 Å². The lowest BCUT2D eigenvalue weighted by atomic mass is 9.96. The van der Waals surface area contributed by atoms with Crippen LogP contribution in [0.2, 0.25) is 0 Å². The molecule has 1 aliphatic rings. The van der Waals surface area contributed by atoms with E-state index in [0.717, 1.165) is 0 Å². The first-order chi connectivity index (χ1) is 6.02. The van der Waals surface area contributed by atoms with Crippen LogP contribution in [0.5, 0.6) is 0 Å². The standard InChI is InChI=1S/C8H10N3O2/c1-5-3-4-13-8(2,7(9)12)6(5)11-10/h3-4H,1-2H3,(H2,9,12)/t8-/m1/s1. The molecule has 13 heavy (non-hydrogen) atoms. The van der Waals surface area contributed by atoms with Gasteiger partial charge in [-0.2, -0.15) is 0 Å². The number of nitrogens with two attached hydrogens (primary N) is 1. The highest BCUT2D eigenvalue weighted by molar-refractivity contribution is 5.87. The van der Waals surface area contributed by atoms with Gasteiger partial charge in [-0.15, -0.1) is 5.11 Å². The maximum absolute atomic E-state index is 11.0. The summed E-state index contributed by atoms with van der Waals surface area (Å²) in [6.45, 7) is 3.16. The average molecular weight is 180 g/mol. The molecule has 0 unspecified atom stereocenters. The van der Waals surface area contributed by atoms with Gasteiger partial charge in [0.05, 0.1) is 6.26 Å². The van der Waals surface area contributed by atoms with E-state index in [-0.39, 0.29) is 5.70 Å². The quantitative estimate of drug-likeness (QED) is 0.619. The van der Waals surface area contributed by atoms with Crippen LogP contribution in [-0.4, -0.2) is 11.5 Å². The molecule has 5 nitrogen and oxygen atoms in total. The minimum absolute atomic E-state index is 0.141. The molecule has 1 rings (SSSR count). The Kier molecular flexibility index (Phi) is 2.18. The van der Waals surface area contributed by atoms with Crippen molar-refractivity contribution in [3.8, 4) is 0 Å². The van der Waals surface area contributed by atoms with Crippen LogP contribution in [0.4, 0.5) is 0 Å². The summed E-state index contributed by atoms with van der Waals surface area (Å²) in [5.74, 6) is -0.691. The number of hydrogen-bond donors (Lipinski definition) is 1. The van der Waals surface area contributed by atoms with Gasteiger partial charge < -0.3 is 10.5 Å². The summed E-state index contributed by atoms with van der Waals surface area (Å²) in [6, 6.07) is 0. The third-order valence-electron chi connectivity index (χ3n) is 2.02. The topological polar surface area (TPSA) is 87.0 Å². The van der Waals surface area contributed by atoms with E-state index in [1.807, 2.05) is 0 Å². The van der Waals surface area contributed by atoms with Gasteiger partial charge in [-0.05, 0) is 31.0 Å². The van der Waals surface area contributed by atoms with Crippen molar-refractivity contribution in [3.63, 3.8) is 0 Å². The van der Waals surface area contributed by atoms with Crippen molar-refractivity contribution in [3.05, 3.63) is 23.6 Å². The fourth-order valence-corrected chi connectivity index (χ4v) is 1.13. The second-order valence-electron chi connectivity index (χ2n) is 2.95. The van der Waals surface area contributed by atoms with Crippen molar-refractivity contribution in [2.75, 3.05) is 0 Å². The zero-order valence-electron chi connectivity index (χ0n) is 7.44. The molecule has 1 radical (unpaired) electrons. The molecule has 1 aliphatic heterocycles. The van der Waals surface area contributed by atoms with Crippen molar-refractivity contribution in [2.24, 2.45) is 10.8 Å². The second kappa shape index (κ2) is 3.01. The van der Waals surface area contributed by atoms with Crippen LogP contribution in [0.1, 0.15) is 13.8 Å². The molecule has 0 aliphatic carbocycles. The molecule has 0 spiro atoms. The second-order valence-corrected chi connectivity index (χ2v) is 2.95. The van der Waals surface area contributed by atoms with E-state index in [9.17, 15) is 4.79 Å². The van der Waals surface area contributed by atoms with Gasteiger partial charge in [0.25, 0.3) is 5.91 Å². The van der Waals surface area contributed by atoms with Crippen LogP contribution in [0.25, 0.3) is 0 Å². The molecule has 0 aromatic carbocycles. The summed E-state index contributed by atoms with van der Waals surface area (Å²) < 4.78 is 5.03. The number of carbonyl (C=O) groups is 1. The molecule has 0 fully saturated rings. The van der Waals surface area contributed by atoms with Crippen molar-refractivity contribution < 1.29 is 9.53 Å². The van der Waals surface area contributed by atoms with Crippen molar-refractivity contribution in [1.82, 2.24) is 5.53 Å². The Morgan fingerprint density at radius 2 is 2.38 bits per heavy atom. The van der Waals surface area contributed by atoms with Gasteiger partial charge in [0, 0.05) is 0 Å². The number of ether oxygens (including phenoxy) is 1. The molecule has 1 amide bonds. The lowest BCUT2D eigenvalue weighted by Crippen LogP contribution is -2.45. The number of rotatable bonds is 2. The fraction of sp³-hybridized carbons (Fsp3) is 0.375. The average Bonchev–Trinajstić information content (AvgIpc) is 2.04. The lowest BCUT2D eigenvalue weighted by Gasteiger charge is -2.28. The van der Waals surface area contributed by atoms with Gasteiger partial charge in [-0.1, -0.05) is 0 Å². The number of carbonyl (C=O) groups excluding carboxylic acids is 1. The predicted octanol–water partition coefficient (Wildman–Crippen LogP) is 0.301. The first-order valence-electron chi connectivity index (χ1n) is 3.73. The molecular formula is C8H10N3O2. The monoisotopic (exact) mass is 180 g/mol. The van der Waals surface area contributed by atoms with Crippen LogP contribution in [0.15, 0.2) is 28.7 Å². The van der Waals surface area contributed by atoms with Gasteiger partial charge in [0.15, 0.2) is 0 Å². The molecule has 0 aromatic heterocycles. The Bertz CT molecular complexity index is 319. The van der Waals surface area contributed by atoms with Crippen LogP contribution in [0.3, 0.4) is 0 Å². The highest BCUT2D eigenvalue weighted by atomic mass is 16.5. The minimum atomic E-state index is -1.37. The normalized spacial score (nSPS) is 26.9. The van der Waals surface area contributed by atoms with Gasteiger partial charge in [-0.3, -0.25) is 4.79 Å². The largest absolute Gasteiger partial charge is 0.479 e. The molecule has 5 heteroatoms. The van der Waals surface area contributed by atoms with E-state index < -0.39 is 11.5 Å². The Morgan fingerprint density at radius 3 is 2.77 bits per heavy atom. The Balaban J connectivity index is 3.23. The van der Waals surface area contributed by atoms with E-state index in [1.54, 1.807) is 13.0 Å². The smallest absolute Gasteiger partial charge is 0.267 e. The van der Waals surface area contributed by atoms with E-state index >= 15 is 0 Å². The number of hydrogen-bond acceptors (Lipinski definition) is 3. The summed E-state index contributed by atoms with van der Waals surface area (Å²) in [5.41, 5.74) is 13.2. The van der Waals surface area contributed by atoms with Gasteiger partial charge >= 0.3 is 0 Å². The third kappa shape index (κ3) is 1.32. The molecule has 2 N–H and O–H groups in total. The van der Waals surface area contributed by atoms with E-state index in [0.29, 0.717) is 5.57 Å². The van der Waals surface area contributed by atoms with Crippen LogP contribution < -0.4 is 11.3 Å². The van der Waals surface area contributed by atoms with Gasteiger partial charge in [0.1, 0.15) is 5.70 Å². The van der Waals surface area contributed by atoms with Crippen LogP contribution in [0, 0.1) is 0 Å².